The van der Waals surface area contributed by atoms with Crippen LogP contribution >= 0.6 is 0 Å². The Labute approximate surface area is 177 Å². The summed E-state index contributed by atoms with van der Waals surface area (Å²) in [6, 6.07) is 25.3. The molecule has 4 aromatic carbocycles. The van der Waals surface area contributed by atoms with Crippen LogP contribution in [-0.2, 0) is 0 Å². The summed E-state index contributed by atoms with van der Waals surface area (Å²) in [6.45, 7) is 5.91. The summed E-state index contributed by atoms with van der Waals surface area (Å²) in [7, 11) is 0. The van der Waals surface area contributed by atoms with Gasteiger partial charge in [-0.25, -0.2) is 0 Å². The summed E-state index contributed by atoms with van der Waals surface area (Å²) < 4.78 is 0. The molecule has 0 saturated heterocycles. The predicted molar refractivity (Wildman–Crippen MR) is 132 cm³/mol. The molecular weight excluding hydrogens is 364 g/mol. The van der Waals surface area contributed by atoms with Gasteiger partial charge in [0, 0.05) is 17.3 Å². The van der Waals surface area contributed by atoms with Crippen LogP contribution in [0, 0.1) is 0 Å². The molecule has 4 rings (SSSR count). The first-order chi connectivity index (χ1) is 14.6. The zero-order chi connectivity index (χ0) is 21.1. The molecule has 0 amide bonds. The van der Waals surface area contributed by atoms with E-state index < -0.39 is 0 Å². The van der Waals surface area contributed by atoms with Crippen molar-refractivity contribution in [1.29, 1.82) is 0 Å². The molecule has 0 saturated carbocycles. The van der Waals surface area contributed by atoms with E-state index in [-0.39, 0.29) is 5.92 Å². The maximum absolute atomic E-state index is 5.96. The SMILES string of the molecule is C=C/C=C\C(=C/C)C(c1ccc2cc(N)ccc2c1)c1ccc2cc(N)ccc2c1. The fraction of sp³-hybridized carbons (Fsp3) is 0.0714. The second-order valence-corrected chi connectivity index (χ2v) is 7.55. The van der Waals surface area contributed by atoms with Crippen molar-refractivity contribution in [2.75, 3.05) is 11.5 Å². The third-order valence-electron chi connectivity index (χ3n) is 5.53. The Hall–Kier alpha value is -3.78. The van der Waals surface area contributed by atoms with Crippen molar-refractivity contribution in [3.8, 4) is 0 Å². The Morgan fingerprint density at radius 1 is 0.733 bits per heavy atom. The van der Waals surface area contributed by atoms with Crippen molar-refractivity contribution in [3.63, 3.8) is 0 Å². The first-order valence-corrected chi connectivity index (χ1v) is 10.1. The second-order valence-electron chi connectivity index (χ2n) is 7.55. The van der Waals surface area contributed by atoms with Crippen LogP contribution in [-0.4, -0.2) is 0 Å². The highest BCUT2D eigenvalue weighted by atomic mass is 14.5. The molecule has 0 atom stereocenters. The van der Waals surface area contributed by atoms with E-state index in [1.165, 1.54) is 27.5 Å². The van der Waals surface area contributed by atoms with Crippen LogP contribution in [0.5, 0.6) is 0 Å². The monoisotopic (exact) mass is 390 g/mol. The maximum Gasteiger partial charge on any atom is 0.0337 e. The largest absolute Gasteiger partial charge is 0.399 e. The number of allylic oxidation sites excluding steroid dienone is 5. The van der Waals surface area contributed by atoms with Gasteiger partial charge in [0.25, 0.3) is 0 Å². The van der Waals surface area contributed by atoms with Gasteiger partial charge in [0.1, 0.15) is 0 Å². The van der Waals surface area contributed by atoms with Gasteiger partial charge in [0.2, 0.25) is 0 Å². The Bertz CT molecular complexity index is 1210. The highest BCUT2D eigenvalue weighted by Crippen LogP contribution is 2.36. The van der Waals surface area contributed by atoms with E-state index in [1.807, 2.05) is 36.4 Å². The zero-order valence-corrected chi connectivity index (χ0v) is 17.2. The maximum atomic E-state index is 5.96. The van der Waals surface area contributed by atoms with Crippen LogP contribution in [0.1, 0.15) is 24.0 Å². The standard InChI is InChI=1S/C28H26N2/c1-3-5-6-19(4-2)28(24-9-7-22-17-26(29)13-11-20(22)15-24)25-10-8-23-18-27(30)14-12-21(23)16-25/h3-18,28H,1,29-30H2,2H3/b6-5-,19-4+. The Kier molecular flexibility index (Phi) is 5.40. The average Bonchev–Trinajstić information content (AvgIpc) is 2.76. The van der Waals surface area contributed by atoms with Crippen molar-refractivity contribution in [2.45, 2.75) is 12.8 Å². The summed E-state index contributed by atoms with van der Waals surface area (Å²) in [5, 5.41) is 4.66. The molecule has 4 aromatic rings. The van der Waals surface area contributed by atoms with E-state index in [0.717, 1.165) is 22.1 Å². The Morgan fingerprint density at radius 2 is 1.20 bits per heavy atom. The Morgan fingerprint density at radius 3 is 1.67 bits per heavy atom. The number of nitrogens with two attached hydrogens (primary N) is 2. The first kappa shape index (κ1) is 19.5. The van der Waals surface area contributed by atoms with E-state index in [9.17, 15) is 0 Å². The van der Waals surface area contributed by atoms with Crippen molar-refractivity contribution in [3.05, 3.63) is 120 Å². The van der Waals surface area contributed by atoms with Gasteiger partial charge in [-0.15, -0.1) is 0 Å². The molecule has 0 heterocycles. The van der Waals surface area contributed by atoms with Crippen molar-refractivity contribution in [2.24, 2.45) is 0 Å². The van der Waals surface area contributed by atoms with E-state index in [2.05, 4.69) is 74.2 Å². The highest BCUT2D eigenvalue weighted by Gasteiger charge is 2.18. The molecule has 4 N–H and O–H groups in total. The smallest absolute Gasteiger partial charge is 0.0337 e. The molecule has 30 heavy (non-hydrogen) atoms. The third kappa shape index (κ3) is 3.85. The number of rotatable bonds is 5. The van der Waals surface area contributed by atoms with Crippen LogP contribution < -0.4 is 11.5 Å². The lowest BCUT2D eigenvalue weighted by atomic mass is 9.83. The summed E-state index contributed by atoms with van der Waals surface area (Å²) in [5.74, 6) is 0.107. The molecule has 0 aliphatic carbocycles. The molecule has 0 bridgehead atoms. The summed E-state index contributed by atoms with van der Waals surface area (Å²) in [4.78, 5) is 0. The molecule has 2 nitrogen and oxygen atoms in total. The predicted octanol–water partition coefficient (Wildman–Crippen LogP) is 6.98. The van der Waals surface area contributed by atoms with Crippen molar-refractivity contribution < 1.29 is 0 Å². The molecule has 0 aliphatic rings. The summed E-state index contributed by atoms with van der Waals surface area (Å²) in [6.07, 6.45) is 8.11. The van der Waals surface area contributed by atoms with Gasteiger partial charge in [-0.2, -0.15) is 0 Å². The van der Waals surface area contributed by atoms with E-state index in [1.54, 1.807) is 0 Å². The number of hydrogen-bond donors (Lipinski definition) is 2. The molecular formula is C28H26N2. The number of benzene rings is 4. The van der Waals surface area contributed by atoms with Gasteiger partial charge in [0.05, 0.1) is 0 Å². The van der Waals surface area contributed by atoms with Crippen molar-refractivity contribution in [1.82, 2.24) is 0 Å². The minimum absolute atomic E-state index is 0.107. The number of hydrogen-bond acceptors (Lipinski definition) is 2. The van der Waals surface area contributed by atoms with Gasteiger partial charge in [-0.05, 0) is 69.4 Å². The van der Waals surface area contributed by atoms with E-state index in [0.29, 0.717) is 0 Å². The quantitative estimate of drug-likeness (QED) is 0.285. The van der Waals surface area contributed by atoms with Gasteiger partial charge in [0.15, 0.2) is 0 Å². The molecule has 0 fully saturated rings. The lowest BCUT2D eigenvalue weighted by Crippen LogP contribution is -2.04. The molecule has 0 aliphatic heterocycles. The summed E-state index contributed by atoms with van der Waals surface area (Å²) >= 11 is 0. The van der Waals surface area contributed by atoms with E-state index >= 15 is 0 Å². The van der Waals surface area contributed by atoms with Gasteiger partial charge >= 0.3 is 0 Å². The molecule has 0 aromatic heterocycles. The molecule has 0 spiro atoms. The number of fused-ring (bicyclic) bond motifs is 2. The molecule has 0 radical (unpaired) electrons. The molecule has 0 unspecified atom stereocenters. The molecule has 148 valence electrons. The normalized spacial score (nSPS) is 12.3. The van der Waals surface area contributed by atoms with Crippen LogP contribution in [0.2, 0.25) is 0 Å². The third-order valence-corrected chi connectivity index (χ3v) is 5.53. The molecule has 2 heteroatoms. The second kappa shape index (κ2) is 8.30. The number of anilines is 2. The number of nitrogen functional groups attached to an aromatic ring is 2. The van der Waals surface area contributed by atoms with Gasteiger partial charge < -0.3 is 11.5 Å². The fourth-order valence-corrected chi connectivity index (χ4v) is 4.04. The topological polar surface area (TPSA) is 52.0 Å². The van der Waals surface area contributed by atoms with Crippen LogP contribution in [0.4, 0.5) is 11.4 Å². The highest BCUT2D eigenvalue weighted by molar-refractivity contribution is 5.88. The van der Waals surface area contributed by atoms with Crippen LogP contribution in [0.15, 0.2) is 109 Å². The minimum Gasteiger partial charge on any atom is -0.399 e. The van der Waals surface area contributed by atoms with Crippen LogP contribution in [0.25, 0.3) is 21.5 Å². The lowest BCUT2D eigenvalue weighted by Gasteiger charge is -2.21. The minimum atomic E-state index is 0.107. The van der Waals surface area contributed by atoms with E-state index in [4.69, 9.17) is 11.5 Å². The summed E-state index contributed by atoms with van der Waals surface area (Å²) in [5.41, 5.74) is 17.2. The Balaban J connectivity index is 1.90. The van der Waals surface area contributed by atoms with Crippen LogP contribution in [0.3, 0.4) is 0 Å². The van der Waals surface area contributed by atoms with Gasteiger partial charge in [-0.1, -0.05) is 79.4 Å². The van der Waals surface area contributed by atoms with Crippen molar-refractivity contribution >= 4 is 32.9 Å². The van der Waals surface area contributed by atoms with Gasteiger partial charge in [-0.3, -0.25) is 0 Å². The lowest BCUT2D eigenvalue weighted by molar-refractivity contribution is 0.979. The fourth-order valence-electron chi connectivity index (χ4n) is 4.04. The zero-order valence-electron chi connectivity index (χ0n) is 17.2. The first-order valence-electron chi connectivity index (χ1n) is 10.1. The average molecular weight is 391 g/mol.